The number of esters is 1. The van der Waals surface area contributed by atoms with E-state index in [4.69, 9.17) is 26.4 Å². The first-order valence-electron chi connectivity index (χ1n) is 9.36. The van der Waals surface area contributed by atoms with Crippen molar-refractivity contribution in [2.75, 3.05) is 25.3 Å². The summed E-state index contributed by atoms with van der Waals surface area (Å²) >= 11 is 8.82. The molecule has 0 unspecified atom stereocenters. The van der Waals surface area contributed by atoms with Gasteiger partial charge in [0.25, 0.3) is 5.91 Å². The highest BCUT2D eigenvalue weighted by Gasteiger charge is 2.34. The van der Waals surface area contributed by atoms with E-state index in [2.05, 4.69) is 22.6 Å². The number of rotatable bonds is 7. The smallest absolute Gasteiger partial charge is 0.344 e. The highest BCUT2D eigenvalue weighted by Crippen LogP contribution is 2.37. The lowest BCUT2D eigenvalue weighted by atomic mass is 10.2. The molecule has 0 bridgehead atoms. The molecule has 1 aromatic carbocycles. The normalized spacial score (nSPS) is 15.0. The van der Waals surface area contributed by atoms with E-state index in [1.807, 2.05) is 36.7 Å². The Bertz CT molecular complexity index is 1060. The van der Waals surface area contributed by atoms with Gasteiger partial charge >= 0.3 is 5.97 Å². The largest absolute Gasteiger partial charge is 0.493 e. The van der Waals surface area contributed by atoms with Gasteiger partial charge in [0.2, 0.25) is 0 Å². The number of hydrogen-bond acceptors (Lipinski definition) is 7. The van der Waals surface area contributed by atoms with Crippen molar-refractivity contribution in [2.24, 2.45) is 0 Å². The molecule has 7 nitrogen and oxygen atoms in total. The Morgan fingerprint density at radius 1 is 1.26 bits per heavy atom. The average Bonchev–Trinajstić information content (AvgIpc) is 3.18. The summed E-state index contributed by atoms with van der Waals surface area (Å²) in [6, 6.07) is 7.49. The summed E-state index contributed by atoms with van der Waals surface area (Å²) in [6.45, 7) is 5.66. The van der Waals surface area contributed by atoms with E-state index in [0.717, 1.165) is 20.5 Å². The van der Waals surface area contributed by atoms with Crippen LogP contribution in [0.3, 0.4) is 0 Å². The van der Waals surface area contributed by atoms with Crippen LogP contribution >= 0.6 is 46.6 Å². The van der Waals surface area contributed by atoms with E-state index in [-0.39, 0.29) is 19.1 Å². The number of hydrogen-bond donors (Lipinski definition) is 0. The van der Waals surface area contributed by atoms with Gasteiger partial charge in [-0.2, -0.15) is 5.01 Å². The van der Waals surface area contributed by atoms with Crippen LogP contribution in [0, 0.1) is 17.4 Å². The molecular weight excluding hydrogens is 551 g/mol. The van der Waals surface area contributed by atoms with E-state index in [9.17, 15) is 9.59 Å². The molecule has 0 atom stereocenters. The van der Waals surface area contributed by atoms with E-state index in [1.165, 1.54) is 23.9 Å². The SMILES string of the molecule is CCOC(=O)COc1c(I)cc(/C=C2/SC(=S)N(n3c(C)ccc3C)C2=O)cc1OC. The molecule has 2 heterocycles. The summed E-state index contributed by atoms with van der Waals surface area (Å²) in [5.41, 5.74) is 2.61. The minimum absolute atomic E-state index is 0.186. The van der Waals surface area contributed by atoms with Gasteiger partial charge in [0.1, 0.15) is 0 Å². The van der Waals surface area contributed by atoms with Crippen LogP contribution in [0.5, 0.6) is 11.5 Å². The minimum atomic E-state index is -0.455. The van der Waals surface area contributed by atoms with Crippen molar-refractivity contribution < 1.29 is 23.8 Å². The van der Waals surface area contributed by atoms with Crippen LogP contribution in [0.15, 0.2) is 29.2 Å². The van der Waals surface area contributed by atoms with Crippen LogP contribution in [-0.2, 0) is 14.3 Å². The number of amides is 1. The van der Waals surface area contributed by atoms with Gasteiger partial charge in [-0.15, -0.1) is 0 Å². The van der Waals surface area contributed by atoms with Crippen LogP contribution in [0.25, 0.3) is 6.08 Å². The van der Waals surface area contributed by atoms with Crippen molar-refractivity contribution in [2.45, 2.75) is 20.8 Å². The standard InChI is InChI=1S/C21H21IN2O5S2/c1-5-28-18(25)11-29-19-15(22)8-14(9-16(19)27-4)10-17-20(26)24(21(30)31-17)23-12(2)6-7-13(23)3/h6-10H,5,11H2,1-4H3/b17-10+. The van der Waals surface area contributed by atoms with E-state index in [1.54, 1.807) is 19.1 Å². The second kappa shape index (κ2) is 10.0. The molecule has 1 fully saturated rings. The lowest BCUT2D eigenvalue weighted by Gasteiger charge is -2.20. The number of carbonyl (C=O) groups excluding carboxylic acids is 2. The van der Waals surface area contributed by atoms with Crippen LogP contribution in [0.2, 0.25) is 0 Å². The maximum atomic E-state index is 13.1. The molecule has 0 spiro atoms. The van der Waals surface area contributed by atoms with Crippen molar-refractivity contribution in [3.05, 3.63) is 49.7 Å². The molecule has 0 N–H and O–H groups in total. The summed E-state index contributed by atoms with van der Waals surface area (Å²) in [4.78, 5) is 25.2. The van der Waals surface area contributed by atoms with Gasteiger partial charge in [-0.05, 0) is 91.5 Å². The Morgan fingerprint density at radius 2 is 1.94 bits per heavy atom. The molecule has 0 radical (unpaired) electrons. The van der Waals surface area contributed by atoms with Gasteiger partial charge in [0.05, 0.1) is 22.2 Å². The number of methoxy groups -OCH3 is 1. The molecule has 1 saturated heterocycles. The topological polar surface area (TPSA) is 70.0 Å². The number of aryl methyl sites for hydroxylation is 2. The third-order valence-electron chi connectivity index (χ3n) is 4.40. The predicted molar refractivity (Wildman–Crippen MR) is 133 cm³/mol. The number of thiocarbonyl (C=S) groups is 1. The molecule has 10 heteroatoms. The van der Waals surface area contributed by atoms with Crippen LogP contribution in [-0.4, -0.2) is 41.2 Å². The Hall–Kier alpha value is -2.05. The fraction of sp³-hybridized carbons (Fsp3) is 0.286. The van der Waals surface area contributed by atoms with Crippen molar-refractivity contribution in [3.8, 4) is 11.5 Å². The van der Waals surface area contributed by atoms with Crippen molar-refractivity contribution >= 4 is 68.8 Å². The molecule has 1 amide bonds. The van der Waals surface area contributed by atoms with Gasteiger partial charge in [-0.3, -0.25) is 9.47 Å². The number of aromatic nitrogens is 1. The van der Waals surface area contributed by atoms with Gasteiger partial charge < -0.3 is 14.2 Å². The van der Waals surface area contributed by atoms with Crippen LogP contribution in [0.4, 0.5) is 0 Å². The number of ether oxygens (including phenoxy) is 3. The van der Waals surface area contributed by atoms with Crippen molar-refractivity contribution in [3.63, 3.8) is 0 Å². The fourth-order valence-corrected chi connectivity index (χ4v) is 5.08. The second-order valence-corrected chi connectivity index (χ2v) is 9.39. The monoisotopic (exact) mass is 572 g/mol. The quantitative estimate of drug-likeness (QED) is 0.213. The summed E-state index contributed by atoms with van der Waals surface area (Å²) in [5.74, 6) is 0.257. The molecule has 0 saturated carbocycles. The Balaban J connectivity index is 1.88. The zero-order chi connectivity index (χ0) is 22.7. The third-order valence-corrected chi connectivity index (χ3v) is 6.48. The van der Waals surface area contributed by atoms with E-state index >= 15 is 0 Å². The van der Waals surface area contributed by atoms with Crippen LogP contribution in [0.1, 0.15) is 23.9 Å². The zero-order valence-electron chi connectivity index (χ0n) is 17.4. The summed E-state index contributed by atoms with van der Waals surface area (Å²) < 4.78 is 18.9. The number of thioether (sulfide) groups is 1. The number of carbonyl (C=O) groups is 2. The Morgan fingerprint density at radius 3 is 2.55 bits per heavy atom. The van der Waals surface area contributed by atoms with Crippen molar-refractivity contribution in [1.82, 2.24) is 4.68 Å². The number of nitrogens with zero attached hydrogens (tertiary/aromatic N) is 2. The molecule has 1 aliphatic heterocycles. The van der Waals surface area contributed by atoms with E-state index in [0.29, 0.717) is 20.7 Å². The van der Waals surface area contributed by atoms with E-state index < -0.39 is 5.97 Å². The summed E-state index contributed by atoms with van der Waals surface area (Å²) in [7, 11) is 1.52. The van der Waals surface area contributed by atoms with Crippen molar-refractivity contribution in [1.29, 1.82) is 0 Å². The first-order valence-corrected chi connectivity index (χ1v) is 11.7. The van der Waals surface area contributed by atoms with Gasteiger partial charge in [-0.25, -0.2) is 4.79 Å². The fourth-order valence-electron chi connectivity index (χ4n) is 3.06. The van der Waals surface area contributed by atoms with Crippen LogP contribution < -0.4 is 14.5 Å². The third kappa shape index (κ3) is 5.07. The maximum Gasteiger partial charge on any atom is 0.344 e. The molecule has 31 heavy (non-hydrogen) atoms. The molecule has 3 rings (SSSR count). The number of halogens is 1. The predicted octanol–water partition coefficient (Wildman–Crippen LogP) is 4.20. The molecule has 2 aromatic rings. The molecule has 0 aliphatic carbocycles. The minimum Gasteiger partial charge on any atom is -0.493 e. The highest BCUT2D eigenvalue weighted by atomic mass is 127. The summed E-state index contributed by atoms with van der Waals surface area (Å²) in [5, 5.41) is 1.51. The maximum absolute atomic E-state index is 13.1. The highest BCUT2D eigenvalue weighted by molar-refractivity contribution is 14.1. The van der Waals surface area contributed by atoms with Gasteiger partial charge in [0.15, 0.2) is 22.4 Å². The zero-order valence-corrected chi connectivity index (χ0v) is 21.2. The second-order valence-electron chi connectivity index (χ2n) is 6.55. The lowest BCUT2D eigenvalue weighted by Crippen LogP contribution is -2.39. The summed E-state index contributed by atoms with van der Waals surface area (Å²) in [6.07, 6.45) is 1.77. The molecule has 1 aromatic heterocycles. The van der Waals surface area contributed by atoms with Gasteiger partial charge in [0, 0.05) is 11.4 Å². The Labute approximate surface area is 203 Å². The Kier molecular flexibility index (Phi) is 7.65. The van der Waals surface area contributed by atoms with Gasteiger partial charge in [-0.1, -0.05) is 11.8 Å². The molecule has 1 aliphatic rings. The molecule has 164 valence electrons. The molecular formula is C21H21IN2O5S2. The number of benzene rings is 1. The first-order chi connectivity index (χ1) is 14.8. The average molecular weight is 572 g/mol. The first kappa shape index (κ1) is 23.6. The lowest BCUT2D eigenvalue weighted by molar-refractivity contribution is -0.145.